The van der Waals surface area contributed by atoms with Crippen LogP contribution in [0.15, 0.2) is 30.3 Å². The summed E-state index contributed by atoms with van der Waals surface area (Å²) in [6.07, 6.45) is 3.49. The molecule has 0 heterocycles. The molecule has 0 aliphatic carbocycles. The number of benzene rings is 1. The molecular formula is C16H28N2. The molecule has 0 bridgehead atoms. The summed E-state index contributed by atoms with van der Waals surface area (Å²) in [5, 5.41) is 0. The van der Waals surface area contributed by atoms with Gasteiger partial charge in [-0.15, -0.1) is 0 Å². The Kier molecular flexibility index (Phi) is 6.99. The zero-order chi connectivity index (χ0) is 13.4. The minimum Gasteiger partial charge on any atom is -0.324 e. The first kappa shape index (κ1) is 15.2. The first-order valence-electron chi connectivity index (χ1n) is 7.12. The molecule has 0 radical (unpaired) electrons. The normalized spacial score (nSPS) is 14.7. The molecule has 102 valence electrons. The van der Waals surface area contributed by atoms with Gasteiger partial charge in [0.25, 0.3) is 0 Å². The average molecular weight is 248 g/mol. The van der Waals surface area contributed by atoms with E-state index in [0.29, 0.717) is 0 Å². The predicted molar refractivity (Wildman–Crippen MR) is 79.6 cm³/mol. The van der Waals surface area contributed by atoms with Crippen LogP contribution in [-0.2, 0) is 0 Å². The lowest BCUT2D eigenvalue weighted by atomic mass is 10.0. The standard InChI is InChI=1S/C16H28N2/c1-4-14(2)13-18(3)12-8-11-16(17)15-9-6-5-7-10-15/h5-7,9-10,14,16H,4,8,11-13,17H2,1-3H3. The molecule has 1 aromatic carbocycles. The highest BCUT2D eigenvalue weighted by molar-refractivity contribution is 5.18. The molecule has 2 nitrogen and oxygen atoms in total. The lowest BCUT2D eigenvalue weighted by Gasteiger charge is -2.21. The molecule has 0 aliphatic heterocycles. The van der Waals surface area contributed by atoms with Gasteiger partial charge in [0.15, 0.2) is 0 Å². The van der Waals surface area contributed by atoms with Gasteiger partial charge in [-0.05, 0) is 37.9 Å². The van der Waals surface area contributed by atoms with Crippen LogP contribution in [0.2, 0.25) is 0 Å². The van der Waals surface area contributed by atoms with E-state index >= 15 is 0 Å². The molecule has 2 N–H and O–H groups in total. The molecule has 0 fully saturated rings. The van der Waals surface area contributed by atoms with Crippen molar-refractivity contribution in [1.82, 2.24) is 4.90 Å². The summed E-state index contributed by atoms with van der Waals surface area (Å²) < 4.78 is 0. The van der Waals surface area contributed by atoms with Gasteiger partial charge < -0.3 is 10.6 Å². The summed E-state index contributed by atoms with van der Waals surface area (Å²) in [5.41, 5.74) is 7.44. The van der Waals surface area contributed by atoms with Crippen LogP contribution in [-0.4, -0.2) is 25.0 Å². The fourth-order valence-electron chi connectivity index (χ4n) is 2.20. The Morgan fingerprint density at radius 1 is 1.22 bits per heavy atom. The second-order valence-corrected chi connectivity index (χ2v) is 5.44. The second kappa shape index (κ2) is 8.28. The zero-order valence-corrected chi connectivity index (χ0v) is 12.1. The molecule has 1 aromatic rings. The quantitative estimate of drug-likeness (QED) is 0.763. The SMILES string of the molecule is CCC(C)CN(C)CCCC(N)c1ccccc1. The van der Waals surface area contributed by atoms with Crippen LogP contribution in [0.4, 0.5) is 0 Å². The van der Waals surface area contributed by atoms with Crippen LogP contribution >= 0.6 is 0 Å². The van der Waals surface area contributed by atoms with Crippen LogP contribution in [0, 0.1) is 5.92 Å². The summed E-state index contributed by atoms with van der Waals surface area (Å²) in [6.45, 7) is 6.90. The van der Waals surface area contributed by atoms with Crippen molar-refractivity contribution in [3.05, 3.63) is 35.9 Å². The van der Waals surface area contributed by atoms with E-state index in [1.165, 1.54) is 24.9 Å². The lowest BCUT2D eigenvalue weighted by Crippen LogP contribution is -2.26. The van der Waals surface area contributed by atoms with Gasteiger partial charge in [-0.25, -0.2) is 0 Å². The molecule has 0 aromatic heterocycles. The van der Waals surface area contributed by atoms with Gasteiger partial charge in [0.05, 0.1) is 0 Å². The van der Waals surface area contributed by atoms with Gasteiger partial charge in [0, 0.05) is 12.6 Å². The van der Waals surface area contributed by atoms with E-state index in [1.54, 1.807) is 0 Å². The summed E-state index contributed by atoms with van der Waals surface area (Å²) in [7, 11) is 2.21. The molecule has 2 unspecified atom stereocenters. The van der Waals surface area contributed by atoms with Gasteiger partial charge in [0.2, 0.25) is 0 Å². The van der Waals surface area contributed by atoms with E-state index in [0.717, 1.165) is 18.9 Å². The largest absolute Gasteiger partial charge is 0.324 e. The zero-order valence-electron chi connectivity index (χ0n) is 12.1. The Balaban J connectivity index is 2.21. The third-order valence-electron chi connectivity index (χ3n) is 3.60. The van der Waals surface area contributed by atoms with Crippen LogP contribution in [0.5, 0.6) is 0 Å². The van der Waals surface area contributed by atoms with Crippen molar-refractivity contribution in [3.8, 4) is 0 Å². The first-order valence-corrected chi connectivity index (χ1v) is 7.12. The van der Waals surface area contributed by atoms with Gasteiger partial charge >= 0.3 is 0 Å². The molecule has 0 amide bonds. The molecule has 2 atom stereocenters. The molecule has 18 heavy (non-hydrogen) atoms. The Bertz CT molecular complexity index is 310. The van der Waals surface area contributed by atoms with Crippen molar-refractivity contribution >= 4 is 0 Å². The Morgan fingerprint density at radius 3 is 2.50 bits per heavy atom. The summed E-state index contributed by atoms with van der Waals surface area (Å²) in [6, 6.07) is 10.6. The van der Waals surface area contributed by atoms with E-state index in [9.17, 15) is 0 Å². The highest BCUT2D eigenvalue weighted by atomic mass is 15.1. The molecule has 0 aliphatic rings. The molecule has 0 saturated carbocycles. The molecule has 0 spiro atoms. The van der Waals surface area contributed by atoms with Gasteiger partial charge in [0.1, 0.15) is 0 Å². The lowest BCUT2D eigenvalue weighted by molar-refractivity contribution is 0.274. The van der Waals surface area contributed by atoms with Crippen LogP contribution in [0.1, 0.15) is 44.7 Å². The van der Waals surface area contributed by atoms with Crippen LogP contribution in [0.3, 0.4) is 0 Å². The number of hydrogen-bond donors (Lipinski definition) is 1. The maximum Gasteiger partial charge on any atom is 0.0295 e. The minimum absolute atomic E-state index is 0.184. The number of nitrogens with two attached hydrogens (primary N) is 1. The molecule has 1 rings (SSSR count). The molecular weight excluding hydrogens is 220 g/mol. The van der Waals surface area contributed by atoms with E-state index < -0.39 is 0 Å². The van der Waals surface area contributed by atoms with Crippen molar-refractivity contribution in [1.29, 1.82) is 0 Å². The highest BCUT2D eigenvalue weighted by Crippen LogP contribution is 2.15. The summed E-state index contributed by atoms with van der Waals surface area (Å²) in [4.78, 5) is 2.42. The van der Waals surface area contributed by atoms with Crippen molar-refractivity contribution in [2.24, 2.45) is 11.7 Å². The van der Waals surface area contributed by atoms with Gasteiger partial charge in [-0.1, -0.05) is 50.6 Å². The van der Waals surface area contributed by atoms with Gasteiger partial charge in [-0.2, -0.15) is 0 Å². The third-order valence-corrected chi connectivity index (χ3v) is 3.60. The second-order valence-electron chi connectivity index (χ2n) is 5.44. The maximum atomic E-state index is 6.19. The highest BCUT2D eigenvalue weighted by Gasteiger charge is 2.07. The average Bonchev–Trinajstić information content (AvgIpc) is 2.39. The fourth-order valence-corrected chi connectivity index (χ4v) is 2.20. The molecule has 2 heteroatoms. The van der Waals surface area contributed by atoms with Crippen molar-refractivity contribution in [2.45, 2.75) is 39.2 Å². The van der Waals surface area contributed by atoms with Crippen molar-refractivity contribution < 1.29 is 0 Å². The fraction of sp³-hybridized carbons (Fsp3) is 0.625. The van der Waals surface area contributed by atoms with E-state index in [-0.39, 0.29) is 6.04 Å². The monoisotopic (exact) mass is 248 g/mol. The Labute approximate surface area is 112 Å². The van der Waals surface area contributed by atoms with E-state index in [1.807, 2.05) is 6.07 Å². The maximum absolute atomic E-state index is 6.19. The van der Waals surface area contributed by atoms with Gasteiger partial charge in [-0.3, -0.25) is 0 Å². The van der Waals surface area contributed by atoms with Crippen LogP contribution < -0.4 is 5.73 Å². The third kappa shape index (κ3) is 5.65. The molecule has 0 saturated heterocycles. The summed E-state index contributed by atoms with van der Waals surface area (Å²) in [5.74, 6) is 0.790. The van der Waals surface area contributed by atoms with Crippen molar-refractivity contribution in [2.75, 3.05) is 20.1 Å². The smallest absolute Gasteiger partial charge is 0.0295 e. The van der Waals surface area contributed by atoms with Crippen LogP contribution in [0.25, 0.3) is 0 Å². The first-order chi connectivity index (χ1) is 8.63. The number of hydrogen-bond acceptors (Lipinski definition) is 2. The van der Waals surface area contributed by atoms with E-state index in [2.05, 4.69) is 50.1 Å². The Hall–Kier alpha value is -0.860. The minimum atomic E-state index is 0.184. The van der Waals surface area contributed by atoms with E-state index in [4.69, 9.17) is 5.73 Å². The summed E-state index contributed by atoms with van der Waals surface area (Å²) >= 11 is 0. The Morgan fingerprint density at radius 2 is 1.89 bits per heavy atom. The topological polar surface area (TPSA) is 29.3 Å². The van der Waals surface area contributed by atoms with Crippen molar-refractivity contribution in [3.63, 3.8) is 0 Å². The number of rotatable bonds is 8. The number of nitrogens with zero attached hydrogens (tertiary/aromatic N) is 1. The predicted octanol–water partition coefficient (Wildman–Crippen LogP) is 3.44.